The number of para-hydroxylation sites is 1. The van der Waals surface area contributed by atoms with E-state index in [0.29, 0.717) is 17.1 Å². The fourth-order valence-electron chi connectivity index (χ4n) is 2.25. The van der Waals surface area contributed by atoms with Gasteiger partial charge in [0.25, 0.3) is 0 Å². The molecule has 0 bridgehead atoms. The summed E-state index contributed by atoms with van der Waals surface area (Å²) in [7, 11) is 1.55. The van der Waals surface area contributed by atoms with E-state index in [1.807, 2.05) is 6.07 Å². The number of aromatic hydroxyl groups is 1. The van der Waals surface area contributed by atoms with E-state index in [9.17, 15) is 9.90 Å². The Morgan fingerprint density at radius 1 is 1.08 bits per heavy atom. The van der Waals surface area contributed by atoms with Gasteiger partial charge in [-0.1, -0.05) is 18.2 Å². The van der Waals surface area contributed by atoms with Crippen LogP contribution in [0.3, 0.4) is 0 Å². The Kier molecular flexibility index (Phi) is 4.81. The number of nitrogens with zero attached hydrogens (tertiary/aromatic N) is 4. The second-order valence-corrected chi connectivity index (χ2v) is 5.56. The van der Waals surface area contributed by atoms with Crippen molar-refractivity contribution in [3.8, 4) is 17.3 Å². The zero-order valence-electron chi connectivity index (χ0n) is 13.7. The van der Waals surface area contributed by atoms with Gasteiger partial charge in [0.15, 0.2) is 0 Å². The van der Waals surface area contributed by atoms with Crippen LogP contribution in [0, 0.1) is 4.77 Å². The molecule has 0 unspecified atom stereocenters. The zero-order chi connectivity index (χ0) is 18.7. The molecule has 8 nitrogen and oxygen atoms in total. The average Bonchev–Trinajstić information content (AvgIpc) is 2.68. The first kappa shape index (κ1) is 17.4. The number of azo groups is 1. The van der Waals surface area contributed by atoms with E-state index in [-0.39, 0.29) is 10.5 Å². The van der Waals surface area contributed by atoms with E-state index in [4.69, 9.17) is 22.8 Å². The molecule has 0 saturated heterocycles. The Balaban J connectivity index is 2.12. The number of nitrogen functional groups attached to an aromatic ring is 1. The van der Waals surface area contributed by atoms with Crippen LogP contribution in [0.2, 0.25) is 0 Å². The predicted octanol–water partition coefficient (Wildman–Crippen LogP) is 3.21. The Hall–Kier alpha value is -3.46. The molecule has 26 heavy (non-hydrogen) atoms. The van der Waals surface area contributed by atoms with Crippen molar-refractivity contribution >= 4 is 23.6 Å². The van der Waals surface area contributed by atoms with Crippen molar-refractivity contribution < 1.29 is 9.84 Å². The fourth-order valence-corrected chi connectivity index (χ4v) is 2.53. The van der Waals surface area contributed by atoms with Crippen molar-refractivity contribution in [2.24, 2.45) is 10.2 Å². The third-order valence-corrected chi connectivity index (χ3v) is 3.97. The van der Waals surface area contributed by atoms with Crippen molar-refractivity contribution in [2.45, 2.75) is 0 Å². The van der Waals surface area contributed by atoms with Gasteiger partial charge in [0, 0.05) is 0 Å². The number of hydrogen-bond donors (Lipinski definition) is 2. The van der Waals surface area contributed by atoms with Gasteiger partial charge in [-0.15, -0.1) is 5.11 Å². The van der Waals surface area contributed by atoms with E-state index in [2.05, 4.69) is 10.2 Å². The average molecular weight is 369 g/mol. The van der Waals surface area contributed by atoms with Gasteiger partial charge in [-0.2, -0.15) is 9.79 Å². The van der Waals surface area contributed by atoms with Gasteiger partial charge in [0.1, 0.15) is 5.75 Å². The molecule has 0 aliphatic rings. The molecule has 3 N–H and O–H groups in total. The second-order valence-electron chi connectivity index (χ2n) is 5.20. The highest BCUT2D eigenvalue weighted by Crippen LogP contribution is 2.27. The van der Waals surface area contributed by atoms with Gasteiger partial charge >= 0.3 is 5.56 Å². The van der Waals surface area contributed by atoms with Gasteiger partial charge in [0.2, 0.25) is 16.3 Å². The molecule has 9 heteroatoms. The molecule has 0 aliphatic heterocycles. The predicted molar refractivity (Wildman–Crippen MR) is 99.8 cm³/mol. The number of aromatic nitrogens is 2. The van der Waals surface area contributed by atoms with Crippen LogP contribution in [-0.2, 0) is 0 Å². The van der Waals surface area contributed by atoms with Gasteiger partial charge in [-0.05, 0) is 48.6 Å². The molecule has 0 aliphatic carbocycles. The van der Waals surface area contributed by atoms with Crippen LogP contribution in [0.25, 0.3) is 5.69 Å². The maximum Gasteiger partial charge on any atom is 0.304 e. The Labute approximate surface area is 153 Å². The standard InChI is InChI=1S/C17H15N5O3S/c1-25-13-9-7-11(8-10-13)19-20-14-15(23)21(12-5-3-2-4-6-12)17(26)22(18)16(14)24/h2-10,23H,18H2,1H3. The van der Waals surface area contributed by atoms with Crippen LogP contribution in [0.4, 0.5) is 11.4 Å². The minimum Gasteiger partial charge on any atom is -0.497 e. The Morgan fingerprint density at radius 3 is 2.35 bits per heavy atom. The lowest BCUT2D eigenvalue weighted by Gasteiger charge is -2.12. The molecule has 132 valence electrons. The summed E-state index contributed by atoms with van der Waals surface area (Å²) in [6.45, 7) is 0. The van der Waals surface area contributed by atoms with Gasteiger partial charge in [-0.3, -0.25) is 9.36 Å². The molecule has 0 fully saturated rings. The van der Waals surface area contributed by atoms with E-state index >= 15 is 0 Å². The molecule has 0 amide bonds. The number of hydrogen-bond acceptors (Lipinski definition) is 7. The van der Waals surface area contributed by atoms with Crippen molar-refractivity contribution in [3.05, 3.63) is 69.7 Å². The minimum atomic E-state index is -0.753. The molecular formula is C17H15N5O3S. The molecule has 0 atom stereocenters. The van der Waals surface area contributed by atoms with Gasteiger partial charge in [-0.25, -0.2) is 0 Å². The molecule has 1 aromatic heterocycles. The highest BCUT2D eigenvalue weighted by atomic mass is 32.1. The molecule has 3 aromatic rings. The first-order valence-electron chi connectivity index (χ1n) is 7.50. The van der Waals surface area contributed by atoms with Gasteiger partial charge < -0.3 is 15.7 Å². The highest BCUT2D eigenvalue weighted by Gasteiger charge is 2.17. The van der Waals surface area contributed by atoms with E-state index in [1.165, 1.54) is 4.57 Å². The quantitative estimate of drug-likeness (QED) is 0.417. The summed E-state index contributed by atoms with van der Waals surface area (Å²) in [4.78, 5) is 12.3. The smallest absolute Gasteiger partial charge is 0.304 e. The van der Waals surface area contributed by atoms with Crippen LogP contribution < -0.4 is 16.1 Å². The van der Waals surface area contributed by atoms with Crippen LogP contribution in [0.5, 0.6) is 11.6 Å². The van der Waals surface area contributed by atoms with E-state index < -0.39 is 11.4 Å². The van der Waals surface area contributed by atoms with Crippen molar-refractivity contribution in [1.82, 2.24) is 9.24 Å². The third kappa shape index (κ3) is 3.20. The number of ether oxygens (including phenoxy) is 1. The molecule has 2 aromatic carbocycles. The first-order chi connectivity index (χ1) is 12.5. The normalized spacial score (nSPS) is 11.0. The van der Waals surface area contributed by atoms with Crippen molar-refractivity contribution in [3.63, 3.8) is 0 Å². The van der Waals surface area contributed by atoms with E-state index in [0.717, 1.165) is 4.68 Å². The molecule has 0 spiro atoms. The summed E-state index contributed by atoms with van der Waals surface area (Å²) in [5.74, 6) is 5.97. The monoisotopic (exact) mass is 369 g/mol. The lowest BCUT2D eigenvalue weighted by molar-refractivity contribution is 0.415. The van der Waals surface area contributed by atoms with Crippen LogP contribution in [0.15, 0.2) is 69.6 Å². The number of benzene rings is 2. The fraction of sp³-hybridized carbons (Fsp3) is 0.0588. The summed E-state index contributed by atoms with van der Waals surface area (Å²) in [6.07, 6.45) is 0. The first-order valence-corrected chi connectivity index (χ1v) is 7.91. The Morgan fingerprint density at radius 2 is 1.73 bits per heavy atom. The Bertz CT molecular complexity index is 1070. The van der Waals surface area contributed by atoms with Crippen LogP contribution >= 0.6 is 12.2 Å². The second kappa shape index (κ2) is 7.19. The third-order valence-electron chi connectivity index (χ3n) is 3.59. The van der Waals surface area contributed by atoms with Crippen molar-refractivity contribution in [2.75, 3.05) is 13.0 Å². The summed E-state index contributed by atoms with van der Waals surface area (Å²) < 4.78 is 6.99. The minimum absolute atomic E-state index is 0.0675. The molecule has 1 heterocycles. The zero-order valence-corrected chi connectivity index (χ0v) is 14.6. The maximum atomic E-state index is 12.3. The maximum absolute atomic E-state index is 12.3. The summed E-state index contributed by atoms with van der Waals surface area (Å²) in [6, 6.07) is 15.5. The molecular weight excluding hydrogens is 354 g/mol. The number of nitrogens with two attached hydrogens (primary N) is 1. The van der Waals surface area contributed by atoms with Crippen LogP contribution in [0.1, 0.15) is 0 Å². The van der Waals surface area contributed by atoms with Crippen LogP contribution in [-0.4, -0.2) is 21.5 Å². The molecule has 0 radical (unpaired) electrons. The SMILES string of the molecule is COc1ccc(N=Nc2c(O)n(-c3ccccc3)c(=S)n(N)c2=O)cc1. The lowest BCUT2D eigenvalue weighted by Crippen LogP contribution is -2.30. The number of rotatable bonds is 4. The lowest BCUT2D eigenvalue weighted by atomic mass is 10.3. The van der Waals surface area contributed by atoms with Gasteiger partial charge in [0.05, 0.1) is 18.5 Å². The largest absolute Gasteiger partial charge is 0.497 e. The van der Waals surface area contributed by atoms with Crippen molar-refractivity contribution in [1.29, 1.82) is 0 Å². The summed E-state index contributed by atoms with van der Waals surface area (Å²) >= 11 is 5.17. The summed E-state index contributed by atoms with van der Waals surface area (Å²) in [5, 5.41) is 18.4. The molecule has 0 saturated carbocycles. The topological polar surface area (TPSA) is 107 Å². The van der Waals surface area contributed by atoms with E-state index in [1.54, 1.807) is 55.6 Å². The highest BCUT2D eigenvalue weighted by molar-refractivity contribution is 7.71. The molecule has 3 rings (SSSR count). The summed E-state index contributed by atoms with van der Waals surface area (Å²) in [5.41, 5.74) is -0.0605. The number of methoxy groups -OCH3 is 1.